The van der Waals surface area contributed by atoms with Crippen LogP contribution < -0.4 is 20.7 Å². The predicted octanol–water partition coefficient (Wildman–Crippen LogP) is 3.40. The lowest BCUT2D eigenvalue weighted by Gasteiger charge is -2.34. The molecule has 23 nitrogen and oxygen atoms in total. The summed E-state index contributed by atoms with van der Waals surface area (Å²) in [6, 6.07) is 8.70. The summed E-state index contributed by atoms with van der Waals surface area (Å²) in [6.07, 6.45) is -0.744. The molecule has 1 aliphatic heterocycles. The van der Waals surface area contributed by atoms with Gasteiger partial charge in [-0.15, -0.1) is 0 Å². The quantitative estimate of drug-likeness (QED) is 0.0514. The minimum absolute atomic E-state index is 0.0230. The van der Waals surface area contributed by atoms with Crippen molar-refractivity contribution in [3.05, 3.63) is 91.8 Å². The molecular weight excluding hydrogens is 1040 g/mol. The predicted molar refractivity (Wildman–Crippen MR) is 271 cm³/mol. The van der Waals surface area contributed by atoms with Gasteiger partial charge in [0.2, 0.25) is 29.3 Å². The average Bonchev–Trinajstić information content (AvgIpc) is 3.60. The molecule has 1 heterocycles. The van der Waals surface area contributed by atoms with Crippen LogP contribution in [0.2, 0.25) is 0 Å². The zero-order chi connectivity index (χ0) is 56.0. The minimum atomic E-state index is -4.01. The number of phenolic OH excluding ortho intramolecular Hbond substituents is 2. The van der Waals surface area contributed by atoms with Gasteiger partial charge in [0.05, 0.1) is 23.8 Å². The number of anilines is 1. The zero-order valence-electron chi connectivity index (χ0n) is 42.5. The maximum Gasteiger partial charge on any atom is 0.409 e. The largest absolute Gasteiger partial charge is 0.507 e. The normalized spacial score (nSPS) is 17.0. The molecule has 6 N–H and O–H groups in total. The van der Waals surface area contributed by atoms with Crippen LogP contribution in [0.4, 0.5) is 15.3 Å². The summed E-state index contributed by atoms with van der Waals surface area (Å²) in [5.74, 6) is -6.16. The van der Waals surface area contributed by atoms with Gasteiger partial charge in [-0.1, -0.05) is 56.1 Å². The molecule has 0 spiro atoms. The number of amides is 6. The smallest absolute Gasteiger partial charge is 0.409 e. The lowest BCUT2D eigenvalue weighted by Crippen LogP contribution is -2.53. The fourth-order valence-corrected chi connectivity index (χ4v) is 10.1. The molecule has 0 radical (unpaired) electrons. The number of nitrogens with zero attached hydrogens (tertiary/aromatic N) is 3. The molecule has 0 aromatic heterocycles. The molecule has 1 unspecified atom stereocenters. The van der Waals surface area contributed by atoms with Crippen LogP contribution in [-0.4, -0.2) is 156 Å². The number of unbranched alkanes of at least 4 members (excludes halogenated alkanes) is 2. The molecule has 0 saturated heterocycles. The highest BCUT2D eigenvalue weighted by atomic mass is 35.5. The molecular formula is C51H59ClN6O17S. The highest BCUT2D eigenvalue weighted by Crippen LogP contribution is 2.48. The van der Waals surface area contributed by atoms with Gasteiger partial charge in [-0.3, -0.25) is 33.6 Å². The van der Waals surface area contributed by atoms with Gasteiger partial charge in [-0.25, -0.2) is 22.3 Å². The van der Waals surface area contributed by atoms with E-state index < -0.39 is 121 Å². The molecule has 0 saturated carbocycles. The summed E-state index contributed by atoms with van der Waals surface area (Å²) in [7, 11) is 0.0938. The van der Waals surface area contributed by atoms with Gasteiger partial charge < -0.3 is 55.3 Å². The first-order chi connectivity index (χ1) is 35.8. The van der Waals surface area contributed by atoms with Gasteiger partial charge in [-0.05, 0) is 62.3 Å². The van der Waals surface area contributed by atoms with Gasteiger partial charge in [0.15, 0.2) is 16.8 Å². The van der Waals surface area contributed by atoms with Crippen LogP contribution in [0, 0.1) is 5.92 Å². The number of methoxy groups -OCH3 is 1. The van der Waals surface area contributed by atoms with Gasteiger partial charge in [0.25, 0.3) is 15.9 Å². The number of carbonyl (C=O) groups excluding carboxylic acids is 9. The van der Waals surface area contributed by atoms with Crippen LogP contribution in [0.25, 0.3) is 0 Å². The first kappa shape index (κ1) is 57.7. The number of rotatable bonds is 21. The van der Waals surface area contributed by atoms with E-state index >= 15 is 0 Å². The third kappa shape index (κ3) is 12.6. The maximum absolute atomic E-state index is 13.6. The number of hydrogen-bond donors (Lipinski definition) is 6. The fourth-order valence-electron chi connectivity index (χ4n) is 8.67. The number of aromatic hydroxyl groups is 2. The van der Waals surface area contributed by atoms with Gasteiger partial charge >= 0.3 is 12.2 Å². The van der Waals surface area contributed by atoms with Crippen molar-refractivity contribution in [2.45, 2.75) is 90.0 Å². The highest BCUT2D eigenvalue weighted by Gasteiger charge is 2.46. The third-order valence-electron chi connectivity index (χ3n) is 13.2. The zero-order valence-corrected chi connectivity index (χ0v) is 44.1. The molecule has 3 atom stereocenters. The molecule has 6 rings (SSSR count). The van der Waals surface area contributed by atoms with E-state index in [1.807, 2.05) is 0 Å². The molecule has 0 fully saturated rings. The van der Waals surface area contributed by atoms with E-state index in [0.717, 1.165) is 11.0 Å². The monoisotopic (exact) mass is 1090 g/mol. The lowest BCUT2D eigenvalue weighted by atomic mass is 9.73. The van der Waals surface area contributed by atoms with Crippen LogP contribution in [0.3, 0.4) is 0 Å². The van der Waals surface area contributed by atoms with Crippen molar-refractivity contribution in [2.75, 3.05) is 52.8 Å². The number of carbonyl (C=O) groups is 9. The second-order valence-electron chi connectivity index (χ2n) is 18.9. The van der Waals surface area contributed by atoms with E-state index in [9.17, 15) is 66.9 Å². The first-order valence-electron chi connectivity index (χ1n) is 24.1. The van der Waals surface area contributed by atoms with E-state index in [1.165, 1.54) is 51.2 Å². The fraction of sp³-hybridized carbons (Fsp3) is 0.431. The summed E-state index contributed by atoms with van der Waals surface area (Å²) in [6.45, 7) is 3.72. The number of phenols is 2. The number of Topliss-reactive ketones (excluding diaryl/α,β-unsaturated/α-hetero) is 1. The van der Waals surface area contributed by atoms with Crippen LogP contribution in [-0.2, 0) is 62.9 Å². The molecule has 6 amide bonds. The van der Waals surface area contributed by atoms with E-state index in [2.05, 4.69) is 16.0 Å². The molecule has 3 aliphatic rings. The molecule has 76 heavy (non-hydrogen) atoms. The maximum atomic E-state index is 13.6. The van der Waals surface area contributed by atoms with Crippen molar-refractivity contribution >= 4 is 80.5 Å². The molecule has 0 bridgehead atoms. The van der Waals surface area contributed by atoms with Gasteiger partial charge in [-0.2, -0.15) is 0 Å². The Hall–Kier alpha value is -7.57. The first-order valence-corrected chi connectivity index (χ1v) is 25.9. The molecule has 408 valence electrons. The minimum Gasteiger partial charge on any atom is -0.507 e. The third-order valence-corrected chi connectivity index (χ3v) is 15.5. The number of halogens is 1. The average molecular weight is 1100 g/mol. The second-order valence-corrected chi connectivity index (χ2v) is 21.4. The van der Waals surface area contributed by atoms with Gasteiger partial charge in [0.1, 0.15) is 41.5 Å². The topological polar surface area (TPSA) is 322 Å². The van der Waals surface area contributed by atoms with Crippen LogP contribution in [0.15, 0.2) is 52.9 Å². The van der Waals surface area contributed by atoms with Crippen molar-refractivity contribution in [3.63, 3.8) is 0 Å². The summed E-state index contributed by atoms with van der Waals surface area (Å²) in [5, 5.41) is 42.0. The van der Waals surface area contributed by atoms with Crippen molar-refractivity contribution in [2.24, 2.45) is 5.92 Å². The van der Waals surface area contributed by atoms with Crippen molar-refractivity contribution < 1.29 is 81.1 Å². The number of hydrogen-bond acceptors (Lipinski definition) is 17. The number of benzene rings is 3. The number of likely N-dealkylation sites (N-methyl/N-ethyl adjacent to an activating group) is 2. The summed E-state index contributed by atoms with van der Waals surface area (Å²) in [4.78, 5) is 119. The van der Waals surface area contributed by atoms with Gasteiger partial charge in [0, 0.05) is 75.0 Å². The Balaban J connectivity index is 0.890. The Kier molecular flexibility index (Phi) is 18.2. The second kappa shape index (κ2) is 24.0. The molecule has 25 heteroatoms. The van der Waals surface area contributed by atoms with Crippen molar-refractivity contribution in [3.8, 4) is 17.2 Å². The van der Waals surface area contributed by atoms with Crippen LogP contribution in [0.5, 0.6) is 17.2 Å². The molecule has 2 aliphatic carbocycles. The van der Waals surface area contributed by atoms with E-state index in [0.29, 0.717) is 34.8 Å². The van der Waals surface area contributed by atoms with Crippen LogP contribution >= 0.6 is 11.6 Å². The summed E-state index contributed by atoms with van der Waals surface area (Å²) in [5.41, 5.74) is -2.27. The summed E-state index contributed by atoms with van der Waals surface area (Å²) >= 11 is 5.62. The van der Waals surface area contributed by atoms with E-state index in [1.54, 1.807) is 38.1 Å². The Labute approximate surface area is 442 Å². The van der Waals surface area contributed by atoms with Crippen molar-refractivity contribution in [1.82, 2.24) is 24.7 Å². The Bertz CT molecular complexity index is 3000. The lowest BCUT2D eigenvalue weighted by molar-refractivity contribution is -0.142. The highest BCUT2D eigenvalue weighted by molar-refractivity contribution is 7.95. The number of ether oxygens (including phenoxy) is 3. The van der Waals surface area contributed by atoms with E-state index in [-0.39, 0.29) is 79.4 Å². The Morgan fingerprint density at radius 2 is 1.45 bits per heavy atom. The van der Waals surface area contributed by atoms with Crippen LogP contribution in [0.1, 0.15) is 101 Å². The van der Waals surface area contributed by atoms with Crippen molar-refractivity contribution in [1.29, 1.82) is 0 Å². The summed E-state index contributed by atoms with van der Waals surface area (Å²) < 4.78 is 40.1. The Morgan fingerprint density at radius 1 is 0.816 bits per heavy atom. The molecule has 3 aromatic rings. The number of aliphatic hydroxyl groups is 1. The SMILES string of the molecule is COc1cccc2c1C(=O)c1c(O)c3c(c(O)c1C2=O)C[C@@](O)(C(=O)COC(=O)N(C)CCN(C)C(=O)OCc1ccc(NC(=O)[C@H](C)NC(=O)C(NC(=O)CCCCCN2C(=O)C=C(Cl)S2(=O)=O)C(C)C)cc1)CC3. The number of ketones is 3. The number of nitrogens with one attached hydrogen (secondary N) is 3. The Morgan fingerprint density at radius 3 is 2.07 bits per heavy atom. The van der Waals surface area contributed by atoms with E-state index in [4.69, 9.17) is 25.8 Å². The number of fused-ring (bicyclic) bond motifs is 3. The standard InChI is InChI=1S/C51H59ClN6O17S/c1-27(2)42(55-37(60)13-8-7-9-20-58-38(61)23-36(52)76(58,71)72)48(67)53-28(3)47(66)54-30-16-14-29(15-17-30)25-74-49(68)56(4)21-22-57(5)50(69)75-26-35(59)51(70)19-18-31-33(24-51)45(64)40-41(43(31)62)46(65)39-32(44(40)63)11-10-12-34(39)73-6/h10-12,14-17,23,27-28,42,62,64,70H,7-9,13,18-22,24-26H2,1-6H3,(H,53,67)(H,54,66)(H,55,60)/t28-,42?,51+/m0/s1. The number of sulfonamides is 1. The molecule has 3 aromatic carbocycles.